The van der Waals surface area contributed by atoms with E-state index in [0.29, 0.717) is 12.2 Å². The first-order valence-corrected chi connectivity index (χ1v) is 10.0. The molecule has 1 heterocycles. The Morgan fingerprint density at radius 2 is 1.62 bits per heavy atom. The molecule has 0 spiro atoms. The maximum absolute atomic E-state index is 12.6. The number of aromatic nitrogens is 1. The summed E-state index contributed by atoms with van der Waals surface area (Å²) in [5, 5.41) is 0. The van der Waals surface area contributed by atoms with Gasteiger partial charge in [0.15, 0.2) is 12.4 Å². The van der Waals surface area contributed by atoms with Gasteiger partial charge in [0.2, 0.25) is 0 Å². The van der Waals surface area contributed by atoms with Crippen molar-refractivity contribution >= 4 is 5.97 Å². The van der Waals surface area contributed by atoms with Crippen LogP contribution in [0.2, 0.25) is 0 Å². The molecular formula is C23H32NO2+. The van der Waals surface area contributed by atoms with Gasteiger partial charge >= 0.3 is 5.97 Å². The monoisotopic (exact) mass is 354 g/mol. The van der Waals surface area contributed by atoms with Crippen molar-refractivity contribution in [3.05, 3.63) is 54.4 Å². The Kier molecular flexibility index (Phi) is 8.88. The predicted octanol–water partition coefficient (Wildman–Crippen LogP) is 5.57. The summed E-state index contributed by atoms with van der Waals surface area (Å²) >= 11 is 0. The highest BCUT2D eigenvalue weighted by atomic mass is 16.5. The highest BCUT2D eigenvalue weighted by Crippen LogP contribution is 2.23. The highest BCUT2D eigenvalue weighted by molar-refractivity contribution is 5.96. The molecule has 3 heteroatoms. The number of unbranched alkanes of at least 4 members (excludes halogenated alkanes) is 6. The summed E-state index contributed by atoms with van der Waals surface area (Å²) in [6.45, 7) is 5.62. The Morgan fingerprint density at radius 1 is 0.923 bits per heavy atom. The van der Waals surface area contributed by atoms with Gasteiger partial charge in [-0.2, -0.15) is 0 Å². The Labute approximate surface area is 158 Å². The number of benzene rings is 1. The number of hydrogen-bond acceptors (Lipinski definition) is 2. The number of ether oxygens (including phenoxy) is 1. The van der Waals surface area contributed by atoms with Gasteiger partial charge in [-0.05, 0) is 18.9 Å². The zero-order chi connectivity index (χ0) is 18.6. The zero-order valence-corrected chi connectivity index (χ0v) is 16.2. The van der Waals surface area contributed by atoms with Crippen molar-refractivity contribution in [1.82, 2.24) is 0 Å². The van der Waals surface area contributed by atoms with Gasteiger partial charge < -0.3 is 4.74 Å². The molecule has 26 heavy (non-hydrogen) atoms. The van der Waals surface area contributed by atoms with E-state index in [9.17, 15) is 4.79 Å². The lowest BCUT2D eigenvalue weighted by Gasteiger charge is -2.09. The minimum Gasteiger partial charge on any atom is -0.462 e. The van der Waals surface area contributed by atoms with Gasteiger partial charge in [-0.3, -0.25) is 0 Å². The van der Waals surface area contributed by atoms with Crippen LogP contribution >= 0.6 is 0 Å². The number of esters is 1. The summed E-state index contributed by atoms with van der Waals surface area (Å²) in [7, 11) is 0. The quantitative estimate of drug-likeness (QED) is 0.300. The molecule has 0 radical (unpaired) electrons. The standard InChI is InChI=1S/C23H32NO2/c1-3-5-6-7-8-9-13-18-26-23(25)22-19-24(4-2)17-16-21(22)20-14-11-10-12-15-20/h10-12,14-17,19H,3-9,13,18H2,1-2H3/q+1. The van der Waals surface area contributed by atoms with Crippen LogP contribution in [0.5, 0.6) is 0 Å². The van der Waals surface area contributed by atoms with Gasteiger partial charge in [-0.1, -0.05) is 75.8 Å². The molecule has 0 aliphatic carbocycles. The lowest BCUT2D eigenvalue weighted by molar-refractivity contribution is -0.693. The van der Waals surface area contributed by atoms with Crippen molar-refractivity contribution in [2.75, 3.05) is 6.61 Å². The second kappa shape index (κ2) is 11.5. The molecule has 0 bridgehead atoms. The third-order valence-corrected chi connectivity index (χ3v) is 4.67. The van der Waals surface area contributed by atoms with Crippen molar-refractivity contribution in [3.63, 3.8) is 0 Å². The number of nitrogens with zero attached hydrogens (tertiary/aromatic N) is 1. The molecular weight excluding hydrogens is 322 g/mol. The van der Waals surface area contributed by atoms with Crippen LogP contribution in [0.1, 0.15) is 69.2 Å². The van der Waals surface area contributed by atoms with E-state index in [2.05, 4.69) is 13.8 Å². The van der Waals surface area contributed by atoms with Crippen molar-refractivity contribution in [2.45, 2.75) is 65.3 Å². The van der Waals surface area contributed by atoms with Gasteiger partial charge in [0.1, 0.15) is 12.1 Å². The molecule has 3 nitrogen and oxygen atoms in total. The Balaban J connectivity index is 1.93. The first-order valence-electron chi connectivity index (χ1n) is 10.0. The van der Waals surface area contributed by atoms with Crippen LogP contribution < -0.4 is 4.57 Å². The van der Waals surface area contributed by atoms with Gasteiger partial charge in [-0.15, -0.1) is 0 Å². The summed E-state index contributed by atoms with van der Waals surface area (Å²) in [5.41, 5.74) is 2.61. The van der Waals surface area contributed by atoms with Crippen molar-refractivity contribution in [2.24, 2.45) is 0 Å². The molecule has 1 aromatic heterocycles. The molecule has 0 saturated heterocycles. The van der Waals surface area contributed by atoms with Gasteiger partial charge in [0.25, 0.3) is 0 Å². The zero-order valence-electron chi connectivity index (χ0n) is 16.2. The maximum Gasteiger partial charge on any atom is 0.344 e. The molecule has 0 saturated carbocycles. The molecule has 2 aromatic rings. The number of rotatable bonds is 11. The van der Waals surface area contributed by atoms with Crippen LogP contribution in [-0.4, -0.2) is 12.6 Å². The van der Waals surface area contributed by atoms with E-state index >= 15 is 0 Å². The molecule has 0 atom stereocenters. The largest absolute Gasteiger partial charge is 0.462 e. The molecule has 0 fully saturated rings. The van der Waals surface area contributed by atoms with Crippen LogP contribution in [0, 0.1) is 0 Å². The number of carbonyl (C=O) groups is 1. The van der Waals surface area contributed by atoms with Crippen LogP contribution in [0.3, 0.4) is 0 Å². The van der Waals surface area contributed by atoms with E-state index in [1.54, 1.807) is 0 Å². The molecule has 2 rings (SSSR count). The molecule has 0 N–H and O–H groups in total. The summed E-state index contributed by atoms with van der Waals surface area (Å²) in [6, 6.07) is 12.0. The van der Waals surface area contributed by atoms with Crippen LogP contribution in [0.4, 0.5) is 0 Å². The van der Waals surface area contributed by atoms with Crippen LogP contribution in [0.15, 0.2) is 48.8 Å². The van der Waals surface area contributed by atoms with Crippen molar-refractivity contribution in [3.8, 4) is 11.1 Å². The van der Waals surface area contributed by atoms with E-state index < -0.39 is 0 Å². The summed E-state index contributed by atoms with van der Waals surface area (Å²) in [4.78, 5) is 12.6. The molecule has 0 aliphatic heterocycles. The lowest BCUT2D eigenvalue weighted by Crippen LogP contribution is -2.32. The van der Waals surface area contributed by atoms with Crippen LogP contribution in [-0.2, 0) is 11.3 Å². The van der Waals surface area contributed by atoms with Crippen molar-refractivity contribution < 1.29 is 14.1 Å². The van der Waals surface area contributed by atoms with E-state index in [-0.39, 0.29) is 5.97 Å². The van der Waals surface area contributed by atoms with Crippen LogP contribution in [0.25, 0.3) is 11.1 Å². The fourth-order valence-electron chi connectivity index (χ4n) is 3.07. The number of pyridine rings is 1. The normalized spacial score (nSPS) is 10.7. The SMILES string of the molecule is CCCCCCCCCOC(=O)c1c[n+](CC)ccc1-c1ccccc1. The molecule has 0 aliphatic rings. The van der Waals surface area contributed by atoms with Gasteiger partial charge in [0.05, 0.1) is 6.61 Å². The Morgan fingerprint density at radius 3 is 2.31 bits per heavy atom. The van der Waals surface area contributed by atoms with Gasteiger partial charge in [0, 0.05) is 11.6 Å². The smallest absolute Gasteiger partial charge is 0.344 e. The number of hydrogen-bond donors (Lipinski definition) is 0. The second-order valence-electron chi connectivity index (χ2n) is 6.73. The van der Waals surface area contributed by atoms with E-state index in [4.69, 9.17) is 4.74 Å². The predicted molar refractivity (Wildman–Crippen MR) is 106 cm³/mol. The first kappa shape index (κ1) is 20.2. The van der Waals surface area contributed by atoms with Gasteiger partial charge in [-0.25, -0.2) is 9.36 Å². The van der Waals surface area contributed by atoms with E-state index in [1.165, 1.54) is 32.1 Å². The minimum atomic E-state index is -0.224. The van der Waals surface area contributed by atoms with E-state index in [1.807, 2.05) is 53.4 Å². The summed E-state index contributed by atoms with van der Waals surface area (Å²) in [6.07, 6.45) is 12.4. The van der Waals surface area contributed by atoms with E-state index in [0.717, 1.165) is 30.5 Å². The Bertz CT molecular complexity index is 667. The molecule has 1 aromatic carbocycles. The third-order valence-electron chi connectivity index (χ3n) is 4.67. The average molecular weight is 355 g/mol. The minimum absolute atomic E-state index is 0.224. The molecule has 140 valence electrons. The fourth-order valence-corrected chi connectivity index (χ4v) is 3.07. The second-order valence-corrected chi connectivity index (χ2v) is 6.73. The first-order chi connectivity index (χ1) is 12.8. The number of aryl methyl sites for hydroxylation is 1. The third kappa shape index (κ3) is 6.29. The topological polar surface area (TPSA) is 30.2 Å². The Hall–Kier alpha value is -2.16. The lowest BCUT2D eigenvalue weighted by atomic mass is 10.0. The summed E-state index contributed by atoms with van der Waals surface area (Å²) < 4.78 is 7.58. The fraction of sp³-hybridized carbons (Fsp3) is 0.478. The highest BCUT2D eigenvalue weighted by Gasteiger charge is 2.18. The average Bonchev–Trinajstić information content (AvgIpc) is 2.70. The molecule has 0 amide bonds. The molecule has 0 unspecified atom stereocenters. The van der Waals surface area contributed by atoms with Crippen molar-refractivity contribution in [1.29, 1.82) is 0 Å². The number of carbonyl (C=O) groups excluding carboxylic acids is 1. The summed E-state index contributed by atoms with van der Waals surface area (Å²) in [5.74, 6) is -0.224. The maximum atomic E-state index is 12.6.